The van der Waals surface area contributed by atoms with Crippen LogP contribution in [-0.4, -0.2) is 18.9 Å². The van der Waals surface area contributed by atoms with Gasteiger partial charge in [0.2, 0.25) is 0 Å². The molecule has 0 fully saturated rings. The van der Waals surface area contributed by atoms with Crippen molar-refractivity contribution in [2.24, 2.45) is 5.92 Å². The van der Waals surface area contributed by atoms with Crippen molar-refractivity contribution in [1.29, 1.82) is 0 Å². The lowest BCUT2D eigenvalue weighted by molar-refractivity contribution is 0.0734. The van der Waals surface area contributed by atoms with E-state index in [4.69, 9.17) is 9.47 Å². The average molecular weight is 461 g/mol. The summed E-state index contributed by atoms with van der Waals surface area (Å²) >= 11 is 0. The lowest BCUT2D eigenvalue weighted by atomic mass is 10.0. The summed E-state index contributed by atoms with van der Waals surface area (Å²) in [6.45, 7) is 0.691. The van der Waals surface area contributed by atoms with Gasteiger partial charge >= 0.3 is 5.97 Å². The van der Waals surface area contributed by atoms with E-state index in [0.29, 0.717) is 29.4 Å². The van der Waals surface area contributed by atoms with Crippen LogP contribution < -0.4 is 9.47 Å². The second kappa shape index (κ2) is 14.9. The Bertz CT molecular complexity index is 913. The minimum absolute atomic E-state index is 0.408. The largest absolute Gasteiger partial charge is 0.494 e. The highest BCUT2D eigenvalue weighted by molar-refractivity contribution is 5.91. The van der Waals surface area contributed by atoms with Crippen molar-refractivity contribution in [3.05, 3.63) is 84.0 Å². The summed E-state index contributed by atoms with van der Waals surface area (Å²) in [5, 5.41) is 0. The van der Waals surface area contributed by atoms with Gasteiger partial charge in [-0.1, -0.05) is 75.7 Å². The van der Waals surface area contributed by atoms with Crippen molar-refractivity contribution in [3.63, 3.8) is 0 Å². The Morgan fingerprint density at radius 1 is 0.706 bits per heavy atom. The predicted molar refractivity (Wildman–Crippen MR) is 137 cm³/mol. The Kier molecular flexibility index (Phi) is 11.2. The predicted octanol–water partition coefficient (Wildman–Crippen LogP) is 7.74. The monoisotopic (exact) mass is 460 g/mol. The number of carbonyl (C=O) groups excluding carboxylic acids is 2. The minimum Gasteiger partial charge on any atom is -0.494 e. The van der Waals surface area contributed by atoms with Gasteiger partial charge in [-0.2, -0.15) is 0 Å². The summed E-state index contributed by atoms with van der Waals surface area (Å²) in [6, 6.07) is 13.4. The maximum absolute atomic E-state index is 12.3. The summed E-state index contributed by atoms with van der Waals surface area (Å²) in [4.78, 5) is 23.0. The second-order valence-electron chi connectivity index (χ2n) is 8.85. The highest BCUT2D eigenvalue weighted by Crippen LogP contribution is 2.19. The maximum Gasteiger partial charge on any atom is 0.343 e. The molecule has 1 aliphatic rings. The zero-order valence-electron chi connectivity index (χ0n) is 20.0. The molecule has 0 saturated carbocycles. The van der Waals surface area contributed by atoms with E-state index >= 15 is 0 Å². The van der Waals surface area contributed by atoms with Gasteiger partial charge in [-0.3, -0.25) is 4.79 Å². The molecule has 0 aliphatic heterocycles. The quantitative estimate of drug-likeness (QED) is 0.111. The number of esters is 1. The molecule has 3 rings (SSSR count). The molecule has 0 saturated heterocycles. The van der Waals surface area contributed by atoms with Gasteiger partial charge in [-0.05, 0) is 67.3 Å². The molecule has 0 heterocycles. The van der Waals surface area contributed by atoms with Crippen LogP contribution in [0.25, 0.3) is 0 Å². The average Bonchev–Trinajstić information content (AvgIpc) is 3.39. The number of ether oxygens (including phenoxy) is 2. The first-order chi connectivity index (χ1) is 16.7. The van der Waals surface area contributed by atoms with Crippen molar-refractivity contribution in [2.45, 2.75) is 64.2 Å². The van der Waals surface area contributed by atoms with E-state index < -0.39 is 5.97 Å². The number of carbonyl (C=O) groups is 2. The number of hydrogen-bond donors (Lipinski definition) is 0. The Morgan fingerprint density at radius 2 is 1.26 bits per heavy atom. The first-order valence-corrected chi connectivity index (χ1v) is 12.6. The Hall–Kier alpha value is -3.14. The van der Waals surface area contributed by atoms with Gasteiger partial charge in [0.15, 0.2) is 0 Å². The van der Waals surface area contributed by atoms with E-state index in [9.17, 15) is 9.59 Å². The molecule has 2 aromatic carbocycles. The van der Waals surface area contributed by atoms with E-state index in [0.717, 1.165) is 18.5 Å². The molecule has 1 aliphatic carbocycles. The number of hydrogen-bond acceptors (Lipinski definition) is 4. The van der Waals surface area contributed by atoms with Gasteiger partial charge in [0.1, 0.15) is 17.8 Å². The summed E-state index contributed by atoms with van der Waals surface area (Å²) in [5.74, 6) is 1.42. The SMILES string of the molecule is O=Cc1ccc(OC(=O)c2ccc(OCCCCCCCCCCCC3C=CC=C3)cc2)cc1. The van der Waals surface area contributed by atoms with Crippen LogP contribution in [0.1, 0.15) is 84.9 Å². The first kappa shape index (κ1) is 25.5. The van der Waals surface area contributed by atoms with E-state index in [1.54, 1.807) is 48.5 Å². The van der Waals surface area contributed by atoms with E-state index in [-0.39, 0.29) is 0 Å². The summed E-state index contributed by atoms with van der Waals surface area (Å²) < 4.78 is 11.1. The topological polar surface area (TPSA) is 52.6 Å². The van der Waals surface area contributed by atoms with Crippen LogP contribution in [-0.2, 0) is 0 Å². The van der Waals surface area contributed by atoms with Crippen LogP contribution in [0.15, 0.2) is 72.8 Å². The van der Waals surface area contributed by atoms with Crippen LogP contribution in [0.2, 0.25) is 0 Å². The molecule has 0 atom stereocenters. The molecule has 0 bridgehead atoms. The third-order valence-corrected chi connectivity index (χ3v) is 6.09. The number of unbranched alkanes of at least 4 members (excludes halogenated alkanes) is 8. The first-order valence-electron chi connectivity index (χ1n) is 12.6. The molecule has 0 aromatic heterocycles. The molecule has 180 valence electrons. The molecular weight excluding hydrogens is 424 g/mol. The third-order valence-electron chi connectivity index (χ3n) is 6.09. The number of aldehydes is 1. The second-order valence-corrected chi connectivity index (χ2v) is 8.85. The Morgan fingerprint density at radius 3 is 1.88 bits per heavy atom. The summed E-state index contributed by atoms with van der Waals surface area (Å²) in [6.07, 6.45) is 22.5. The van der Waals surface area contributed by atoms with Gasteiger partial charge < -0.3 is 9.47 Å². The number of rotatable bonds is 16. The zero-order chi connectivity index (χ0) is 23.8. The van der Waals surface area contributed by atoms with Crippen LogP contribution in [0.4, 0.5) is 0 Å². The lowest BCUT2D eigenvalue weighted by Crippen LogP contribution is -2.08. The van der Waals surface area contributed by atoms with Crippen LogP contribution >= 0.6 is 0 Å². The fourth-order valence-electron chi connectivity index (χ4n) is 4.05. The van der Waals surface area contributed by atoms with Gasteiger partial charge in [0.25, 0.3) is 0 Å². The molecule has 0 N–H and O–H groups in total. The van der Waals surface area contributed by atoms with Crippen molar-refractivity contribution in [3.8, 4) is 11.5 Å². The van der Waals surface area contributed by atoms with Crippen molar-refractivity contribution in [2.75, 3.05) is 6.61 Å². The van der Waals surface area contributed by atoms with Gasteiger partial charge in [-0.15, -0.1) is 0 Å². The van der Waals surface area contributed by atoms with Crippen LogP contribution in [0, 0.1) is 5.92 Å². The Balaban J connectivity index is 1.18. The fourth-order valence-corrected chi connectivity index (χ4v) is 4.05. The van der Waals surface area contributed by atoms with Gasteiger partial charge in [0, 0.05) is 5.56 Å². The Labute approximate surface area is 203 Å². The minimum atomic E-state index is -0.437. The summed E-state index contributed by atoms with van der Waals surface area (Å²) in [5.41, 5.74) is 0.997. The van der Waals surface area contributed by atoms with Crippen molar-refractivity contribution >= 4 is 12.3 Å². The zero-order valence-corrected chi connectivity index (χ0v) is 20.0. The van der Waals surface area contributed by atoms with E-state index in [2.05, 4.69) is 24.3 Å². The molecule has 0 amide bonds. The smallest absolute Gasteiger partial charge is 0.343 e. The number of allylic oxidation sites excluding steroid dienone is 4. The fraction of sp³-hybridized carbons (Fsp3) is 0.400. The molecule has 4 heteroatoms. The molecule has 2 aromatic rings. The molecule has 0 spiro atoms. The summed E-state index contributed by atoms with van der Waals surface area (Å²) in [7, 11) is 0. The van der Waals surface area contributed by atoms with Crippen molar-refractivity contribution < 1.29 is 19.1 Å². The lowest BCUT2D eigenvalue weighted by Gasteiger charge is -2.08. The maximum atomic E-state index is 12.3. The van der Waals surface area contributed by atoms with Crippen LogP contribution in [0.3, 0.4) is 0 Å². The van der Waals surface area contributed by atoms with E-state index in [1.165, 1.54) is 57.8 Å². The number of benzene rings is 2. The van der Waals surface area contributed by atoms with Crippen LogP contribution in [0.5, 0.6) is 11.5 Å². The molecule has 4 nitrogen and oxygen atoms in total. The standard InChI is InChI=1S/C30H36O4/c31-24-26-15-19-29(20-16-26)34-30(32)27-17-21-28(22-18-27)33-23-11-7-5-3-1-2-4-6-8-12-25-13-9-10-14-25/h9-10,13-22,24-25H,1-8,11-12,23H2. The molecule has 0 radical (unpaired) electrons. The molecule has 34 heavy (non-hydrogen) atoms. The highest BCUT2D eigenvalue weighted by atomic mass is 16.5. The highest BCUT2D eigenvalue weighted by Gasteiger charge is 2.09. The van der Waals surface area contributed by atoms with Gasteiger partial charge in [0.05, 0.1) is 12.2 Å². The van der Waals surface area contributed by atoms with Crippen molar-refractivity contribution in [1.82, 2.24) is 0 Å². The van der Waals surface area contributed by atoms with E-state index in [1.807, 2.05) is 0 Å². The molecule has 0 unspecified atom stereocenters. The third kappa shape index (κ3) is 9.38. The normalized spacial score (nSPS) is 12.7. The molecular formula is C30H36O4. The van der Waals surface area contributed by atoms with Gasteiger partial charge in [-0.25, -0.2) is 4.79 Å².